The molecular formula is C13H14N2O2S. The van der Waals surface area contributed by atoms with E-state index in [9.17, 15) is 4.79 Å². The van der Waals surface area contributed by atoms with Crippen molar-refractivity contribution >= 4 is 23.0 Å². The lowest BCUT2D eigenvalue weighted by molar-refractivity contribution is 0.0692. The van der Waals surface area contributed by atoms with Crippen molar-refractivity contribution in [1.29, 1.82) is 0 Å². The van der Waals surface area contributed by atoms with Crippen LogP contribution in [-0.4, -0.2) is 30.2 Å². The zero-order valence-corrected chi connectivity index (χ0v) is 11.3. The summed E-state index contributed by atoms with van der Waals surface area (Å²) >= 11 is 1.40. The molecule has 0 aliphatic carbocycles. The molecule has 1 N–H and O–H groups in total. The Morgan fingerprint density at radius 2 is 1.89 bits per heavy atom. The Bertz CT molecular complexity index is 573. The summed E-state index contributed by atoms with van der Waals surface area (Å²) < 4.78 is 0. The van der Waals surface area contributed by atoms with Gasteiger partial charge in [0.05, 0.1) is 9.88 Å². The fourth-order valence-corrected chi connectivity index (χ4v) is 2.59. The molecule has 18 heavy (non-hydrogen) atoms. The summed E-state index contributed by atoms with van der Waals surface area (Å²) in [6, 6.07) is 7.79. The lowest BCUT2D eigenvalue weighted by atomic mass is 10.1. The number of hydrogen-bond acceptors (Lipinski definition) is 4. The first-order valence-corrected chi connectivity index (χ1v) is 6.29. The number of carboxylic acids is 1. The van der Waals surface area contributed by atoms with Crippen LogP contribution < -0.4 is 4.90 Å². The van der Waals surface area contributed by atoms with E-state index in [4.69, 9.17) is 5.11 Å². The van der Waals surface area contributed by atoms with Crippen LogP contribution in [0.15, 0.2) is 24.3 Å². The van der Waals surface area contributed by atoms with Gasteiger partial charge in [0.25, 0.3) is 0 Å². The van der Waals surface area contributed by atoms with Crippen molar-refractivity contribution in [3.63, 3.8) is 0 Å². The van der Waals surface area contributed by atoms with Gasteiger partial charge in [-0.3, -0.25) is 0 Å². The molecule has 0 saturated heterocycles. The first-order chi connectivity index (χ1) is 8.49. The predicted octanol–water partition coefficient (Wildman–Crippen LogP) is 2.88. The zero-order valence-electron chi connectivity index (χ0n) is 10.5. The number of carboxylic acid groups (broad SMARTS) is 1. The number of thiazole rings is 1. The normalized spacial score (nSPS) is 10.4. The second kappa shape index (κ2) is 4.78. The van der Waals surface area contributed by atoms with E-state index in [0.717, 1.165) is 16.3 Å². The van der Waals surface area contributed by atoms with Crippen LogP contribution in [0.25, 0.3) is 10.4 Å². The highest BCUT2D eigenvalue weighted by Crippen LogP contribution is 2.31. The number of nitrogens with zero attached hydrogens (tertiary/aromatic N) is 2. The SMILES string of the molecule is Cc1nc(C(=O)O)c(-c2ccc(N(C)C)cc2)s1. The smallest absolute Gasteiger partial charge is 0.356 e. The Morgan fingerprint density at radius 1 is 1.28 bits per heavy atom. The minimum absolute atomic E-state index is 0.134. The topological polar surface area (TPSA) is 53.4 Å². The molecule has 1 aromatic heterocycles. The Morgan fingerprint density at radius 3 is 2.39 bits per heavy atom. The van der Waals surface area contributed by atoms with Gasteiger partial charge in [-0.15, -0.1) is 11.3 Å². The third kappa shape index (κ3) is 2.36. The first-order valence-electron chi connectivity index (χ1n) is 5.47. The van der Waals surface area contributed by atoms with Gasteiger partial charge in [0, 0.05) is 19.8 Å². The van der Waals surface area contributed by atoms with Crippen LogP contribution in [-0.2, 0) is 0 Å². The molecule has 0 amide bonds. The molecule has 0 spiro atoms. The second-order valence-corrected chi connectivity index (χ2v) is 5.36. The molecular weight excluding hydrogens is 248 g/mol. The largest absolute Gasteiger partial charge is 0.476 e. The molecule has 1 heterocycles. The van der Waals surface area contributed by atoms with Gasteiger partial charge in [0.2, 0.25) is 0 Å². The van der Waals surface area contributed by atoms with Crippen LogP contribution in [0.4, 0.5) is 5.69 Å². The van der Waals surface area contributed by atoms with Gasteiger partial charge in [0.15, 0.2) is 5.69 Å². The van der Waals surface area contributed by atoms with E-state index in [0.29, 0.717) is 4.88 Å². The van der Waals surface area contributed by atoms with E-state index in [1.54, 1.807) is 0 Å². The summed E-state index contributed by atoms with van der Waals surface area (Å²) in [5.41, 5.74) is 2.11. The van der Waals surface area contributed by atoms with Crippen molar-refractivity contribution < 1.29 is 9.90 Å². The molecule has 0 bridgehead atoms. The van der Waals surface area contributed by atoms with E-state index < -0.39 is 5.97 Å². The molecule has 0 aliphatic rings. The molecule has 0 atom stereocenters. The van der Waals surface area contributed by atoms with Gasteiger partial charge in [0.1, 0.15) is 0 Å². The van der Waals surface area contributed by atoms with Gasteiger partial charge in [-0.1, -0.05) is 12.1 Å². The highest BCUT2D eigenvalue weighted by molar-refractivity contribution is 7.15. The third-order valence-electron chi connectivity index (χ3n) is 2.58. The Balaban J connectivity index is 2.45. The number of carbonyl (C=O) groups is 1. The molecule has 5 heteroatoms. The summed E-state index contributed by atoms with van der Waals surface area (Å²) in [5, 5.41) is 9.88. The van der Waals surface area contributed by atoms with Crippen LogP contribution in [0.5, 0.6) is 0 Å². The van der Waals surface area contributed by atoms with Gasteiger partial charge < -0.3 is 10.0 Å². The highest BCUT2D eigenvalue weighted by Gasteiger charge is 2.17. The van der Waals surface area contributed by atoms with E-state index >= 15 is 0 Å². The van der Waals surface area contributed by atoms with E-state index in [1.807, 2.05) is 50.2 Å². The maximum absolute atomic E-state index is 11.1. The number of hydrogen-bond donors (Lipinski definition) is 1. The third-order valence-corrected chi connectivity index (χ3v) is 3.60. The van der Waals surface area contributed by atoms with Gasteiger partial charge in [-0.2, -0.15) is 0 Å². The van der Waals surface area contributed by atoms with Crippen LogP contribution in [0, 0.1) is 6.92 Å². The molecule has 0 saturated carbocycles. The molecule has 2 rings (SSSR count). The number of aromatic carboxylic acids is 1. The number of aromatic nitrogens is 1. The molecule has 2 aromatic rings. The first kappa shape index (κ1) is 12.6. The zero-order chi connectivity index (χ0) is 13.3. The minimum atomic E-state index is -0.981. The summed E-state index contributed by atoms with van der Waals surface area (Å²) in [5.74, 6) is -0.981. The molecule has 0 aliphatic heterocycles. The Labute approximate surface area is 110 Å². The fraction of sp³-hybridized carbons (Fsp3) is 0.231. The highest BCUT2D eigenvalue weighted by atomic mass is 32.1. The number of anilines is 1. The fourth-order valence-electron chi connectivity index (χ4n) is 1.68. The molecule has 4 nitrogen and oxygen atoms in total. The maximum Gasteiger partial charge on any atom is 0.356 e. The second-order valence-electron chi connectivity index (χ2n) is 4.16. The molecule has 0 radical (unpaired) electrons. The van der Waals surface area contributed by atoms with Crippen molar-refractivity contribution in [1.82, 2.24) is 4.98 Å². The number of benzene rings is 1. The summed E-state index contributed by atoms with van der Waals surface area (Å²) in [6.07, 6.45) is 0. The Hall–Kier alpha value is -1.88. The summed E-state index contributed by atoms with van der Waals surface area (Å²) in [7, 11) is 3.93. The molecule has 0 fully saturated rings. The van der Waals surface area contributed by atoms with Crippen molar-refractivity contribution in [3.8, 4) is 10.4 Å². The van der Waals surface area contributed by atoms with Crippen molar-refractivity contribution in [2.24, 2.45) is 0 Å². The molecule has 94 valence electrons. The van der Waals surface area contributed by atoms with Crippen molar-refractivity contribution in [2.75, 3.05) is 19.0 Å². The van der Waals surface area contributed by atoms with E-state index in [1.165, 1.54) is 11.3 Å². The number of aryl methyl sites for hydroxylation is 1. The van der Waals surface area contributed by atoms with E-state index in [-0.39, 0.29) is 5.69 Å². The monoisotopic (exact) mass is 262 g/mol. The predicted molar refractivity (Wildman–Crippen MR) is 73.6 cm³/mol. The lowest BCUT2D eigenvalue weighted by Gasteiger charge is -2.12. The standard InChI is InChI=1S/C13H14N2O2S/c1-8-14-11(13(16)17)12(18-8)9-4-6-10(7-5-9)15(2)3/h4-7H,1-3H3,(H,16,17). The van der Waals surface area contributed by atoms with Gasteiger partial charge in [-0.05, 0) is 24.6 Å². The molecule has 0 unspecified atom stereocenters. The average molecular weight is 262 g/mol. The summed E-state index contributed by atoms with van der Waals surface area (Å²) in [6.45, 7) is 1.81. The average Bonchev–Trinajstić information content (AvgIpc) is 2.71. The van der Waals surface area contributed by atoms with Crippen molar-refractivity contribution in [2.45, 2.75) is 6.92 Å². The van der Waals surface area contributed by atoms with Crippen LogP contribution >= 0.6 is 11.3 Å². The molecule has 1 aromatic carbocycles. The number of rotatable bonds is 3. The van der Waals surface area contributed by atoms with Gasteiger partial charge in [-0.25, -0.2) is 9.78 Å². The van der Waals surface area contributed by atoms with Crippen LogP contribution in [0.3, 0.4) is 0 Å². The lowest BCUT2D eigenvalue weighted by Crippen LogP contribution is -2.08. The van der Waals surface area contributed by atoms with Gasteiger partial charge >= 0.3 is 5.97 Å². The quantitative estimate of drug-likeness (QED) is 0.924. The van der Waals surface area contributed by atoms with Crippen LogP contribution in [0.2, 0.25) is 0 Å². The maximum atomic E-state index is 11.1. The summed E-state index contributed by atoms with van der Waals surface area (Å²) in [4.78, 5) is 17.9. The van der Waals surface area contributed by atoms with Crippen molar-refractivity contribution in [3.05, 3.63) is 35.0 Å². The van der Waals surface area contributed by atoms with E-state index in [2.05, 4.69) is 4.98 Å². The minimum Gasteiger partial charge on any atom is -0.476 e. The Kier molecular flexibility index (Phi) is 3.34. The van der Waals surface area contributed by atoms with Crippen LogP contribution in [0.1, 0.15) is 15.5 Å².